The molecule has 1 aromatic heterocycles. The minimum absolute atomic E-state index is 0.144. The van der Waals surface area contributed by atoms with Crippen molar-refractivity contribution in [1.29, 1.82) is 0 Å². The summed E-state index contributed by atoms with van der Waals surface area (Å²) in [4.78, 5) is 18.6. The maximum atomic E-state index is 12.1. The van der Waals surface area contributed by atoms with Crippen LogP contribution in [-0.2, 0) is 21.4 Å². The maximum Gasteiger partial charge on any atom is 0.338 e. The molecule has 1 aliphatic rings. The van der Waals surface area contributed by atoms with Gasteiger partial charge in [0.1, 0.15) is 0 Å². The Balaban J connectivity index is 1.54. The number of hydrogen-bond acceptors (Lipinski definition) is 8. The van der Waals surface area contributed by atoms with E-state index < -0.39 is 16.0 Å². The van der Waals surface area contributed by atoms with E-state index in [2.05, 4.69) is 26.7 Å². The van der Waals surface area contributed by atoms with E-state index in [1.165, 1.54) is 0 Å². The van der Waals surface area contributed by atoms with Crippen LogP contribution in [0, 0.1) is 0 Å². The number of esters is 1. The highest BCUT2D eigenvalue weighted by molar-refractivity contribution is 7.92. The Morgan fingerprint density at radius 3 is 2.73 bits per heavy atom. The van der Waals surface area contributed by atoms with Gasteiger partial charge < -0.3 is 14.2 Å². The SMILES string of the molecule is CC1CCCCN1c1ccc(-c2nc(COC(=O)c3ccccc3)no2)cc1NS(C)(=O)=O. The van der Waals surface area contributed by atoms with Gasteiger partial charge in [0.05, 0.1) is 23.2 Å². The molecular formula is C23H26N4O5S. The number of carbonyl (C=O) groups is 1. The molecule has 1 N–H and O–H groups in total. The number of rotatable bonds is 7. The van der Waals surface area contributed by atoms with Gasteiger partial charge in [-0.3, -0.25) is 4.72 Å². The van der Waals surface area contributed by atoms with Gasteiger partial charge >= 0.3 is 5.97 Å². The van der Waals surface area contributed by atoms with E-state index in [4.69, 9.17) is 9.26 Å². The highest BCUT2D eigenvalue weighted by Crippen LogP contribution is 2.35. The predicted octanol–water partition coefficient (Wildman–Crippen LogP) is 3.84. The van der Waals surface area contributed by atoms with Crippen molar-refractivity contribution in [2.24, 2.45) is 0 Å². The van der Waals surface area contributed by atoms with Gasteiger partial charge in [-0.25, -0.2) is 13.2 Å². The van der Waals surface area contributed by atoms with Crippen molar-refractivity contribution in [2.45, 2.75) is 38.8 Å². The molecule has 2 heterocycles. The highest BCUT2D eigenvalue weighted by atomic mass is 32.2. The first-order valence-electron chi connectivity index (χ1n) is 10.7. The van der Waals surface area contributed by atoms with Crippen LogP contribution in [0.4, 0.5) is 11.4 Å². The lowest BCUT2D eigenvalue weighted by molar-refractivity contribution is 0.0459. The van der Waals surface area contributed by atoms with Crippen molar-refractivity contribution in [3.8, 4) is 11.5 Å². The van der Waals surface area contributed by atoms with Crippen molar-refractivity contribution in [3.05, 3.63) is 59.9 Å². The third-order valence-electron chi connectivity index (χ3n) is 5.46. The first-order chi connectivity index (χ1) is 15.8. The first kappa shape index (κ1) is 22.8. The number of nitrogens with zero attached hydrogens (tertiary/aromatic N) is 3. The van der Waals surface area contributed by atoms with Crippen molar-refractivity contribution in [2.75, 3.05) is 22.4 Å². The minimum atomic E-state index is -3.49. The zero-order chi connectivity index (χ0) is 23.4. The zero-order valence-corrected chi connectivity index (χ0v) is 19.3. The first-order valence-corrected chi connectivity index (χ1v) is 12.6. The van der Waals surface area contributed by atoms with Crippen LogP contribution in [0.25, 0.3) is 11.5 Å². The molecule has 1 aliphatic heterocycles. The summed E-state index contributed by atoms with van der Waals surface area (Å²) in [6, 6.07) is 14.3. The number of benzene rings is 2. The second kappa shape index (κ2) is 9.62. The van der Waals surface area contributed by atoms with E-state index in [0.717, 1.165) is 37.8 Å². The van der Waals surface area contributed by atoms with Gasteiger partial charge in [0, 0.05) is 18.2 Å². The van der Waals surface area contributed by atoms with E-state index in [-0.39, 0.29) is 18.3 Å². The number of piperidine rings is 1. The van der Waals surface area contributed by atoms with E-state index in [1.54, 1.807) is 30.3 Å². The van der Waals surface area contributed by atoms with Crippen LogP contribution in [0.3, 0.4) is 0 Å². The van der Waals surface area contributed by atoms with Gasteiger partial charge in [0.15, 0.2) is 6.61 Å². The van der Waals surface area contributed by atoms with Crippen LogP contribution >= 0.6 is 0 Å². The summed E-state index contributed by atoms with van der Waals surface area (Å²) in [5.74, 6) is -0.0715. The summed E-state index contributed by atoms with van der Waals surface area (Å²) < 4.78 is 37.2. The monoisotopic (exact) mass is 470 g/mol. The van der Waals surface area contributed by atoms with Gasteiger partial charge in [-0.05, 0) is 56.5 Å². The summed E-state index contributed by atoms with van der Waals surface area (Å²) in [5.41, 5.74) is 2.26. The summed E-state index contributed by atoms with van der Waals surface area (Å²) in [5, 5.41) is 3.87. The van der Waals surface area contributed by atoms with Crippen molar-refractivity contribution in [1.82, 2.24) is 10.1 Å². The van der Waals surface area contributed by atoms with Gasteiger partial charge in [0.25, 0.3) is 5.89 Å². The lowest BCUT2D eigenvalue weighted by Crippen LogP contribution is -2.38. The molecule has 0 amide bonds. The fourth-order valence-corrected chi connectivity index (χ4v) is 4.44. The molecule has 174 valence electrons. The van der Waals surface area contributed by atoms with E-state index in [9.17, 15) is 13.2 Å². The predicted molar refractivity (Wildman–Crippen MR) is 124 cm³/mol. The fraction of sp³-hybridized carbons (Fsp3) is 0.348. The van der Waals surface area contributed by atoms with Crippen molar-refractivity contribution < 1.29 is 22.5 Å². The topological polar surface area (TPSA) is 115 Å². The lowest BCUT2D eigenvalue weighted by Gasteiger charge is -2.36. The maximum absolute atomic E-state index is 12.1. The minimum Gasteiger partial charge on any atom is -0.454 e. The summed E-state index contributed by atoms with van der Waals surface area (Å²) in [7, 11) is -3.49. The Morgan fingerprint density at radius 1 is 1.21 bits per heavy atom. The third kappa shape index (κ3) is 5.70. The molecule has 0 spiro atoms. The van der Waals surface area contributed by atoms with Gasteiger partial charge in [0.2, 0.25) is 15.8 Å². The second-order valence-electron chi connectivity index (χ2n) is 8.10. The Hall–Kier alpha value is -3.40. The molecule has 10 heteroatoms. The molecule has 1 saturated heterocycles. The molecule has 0 bridgehead atoms. The smallest absolute Gasteiger partial charge is 0.338 e. The Labute approximate surface area is 192 Å². The Kier molecular flexibility index (Phi) is 6.64. The molecule has 1 unspecified atom stereocenters. The van der Waals surface area contributed by atoms with E-state index in [1.807, 2.05) is 18.2 Å². The molecule has 3 aromatic rings. The van der Waals surface area contributed by atoms with Gasteiger partial charge in [-0.15, -0.1) is 0 Å². The van der Waals surface area contributed by atoms with E-state index >= 15 is 0 Å². The van der Waals surface area contributed by atoms with Crippen LogP contribution in [0.5, 0.6) is 0 Å². The standard InChI is InChI=1S/C23H26N4O5S/c1-16-8-6-7-13-27(16)20-12-11-18(14-19(20)26-33(2,29)30)22-24-21(25-32-22)15-31-23(28)17-9-4-3-5-10-17/h3-5,9-12,14,16,26H,6-8,13,15H2,1-2H3. The molecule has 33 heavy (non-hydrogen) atoms. The average molecular weight is 471 g/mol. The van der Waals surface area contributed by atoms with Crippen LogP contribution < -0.4 is 9.62 Å². The number of nitrogens with one attached hydrogen (secondary N) is 1. The van der Waals surface area contributed by atoms with Crippen LogP contribution in [0.1, 0.15) is 42.4 Å². The van der Waals surface area contributed by atoms with Gasteiger partial charge in [-0.2, -0.15) is 4.98 Å². The van der Waals surface area contributed by atoms with Crippen molar-refractivity contribution in [3.63, 3.8) is 0 Å². The van der Waals surface area contributed by atoms with Crippen molar-refractivity contribution >= 4 is 27.4 Å². The van der Waals surface area contributed by atoms with Crippen LogP contribution in [-0.4, -0.2) is 43.4 Å². The second-order valence-corrected chi connectivity index (χ2v) is 9.85. The summed E-state index contributed by atoms with van der Waals surface area (Å²) in [6.07, 6.45) is 4.38. The third-order valence-corrected chi connectivity index (χ3v) is 6.05. The largest absolute Gasteiger partial charge is 0.454 e. The molecule has 4 rings (SSSR count). The quantitative estimate of drug-likeness (QED) is 0.518. The van der Waals surface area contributed by atoms with Crippen LogP contribution in [0.2, 0.25) is 0 Å². The molecule has 0 saturated carbocycles. The Bertz CT molecular complexity index is 1230. The molecule has 2 aromatic carbocycles. The lowest BCUT2D eigenvalue weighted by atomic mass is 10.0. The number of carbonyl (C=O) groups excluding carboxylic acids is 1. The molecular weight excluding hydrogens is 444 g/mol. The number of hydrogen-bond donors (Lipinski definition) is 1. The zero-order valence-electron chi connectivity index (χ0n) is 18.5. The molecule has 1 fully saturated rings. The number of sulfonamides is 1. The fourth-order valence-electron chi connectivity index (χ4n) is 3.87. The average Bonchev–Trinajstić information content (AvgIpc) is 3.27. The number of anilines is 2. The Morgan fingerprint density at radius 2 is 2.00 bits per heavy atom. The molecule has 1 atom stereocenters. The normalized spacial score (nSPS) is 16.4. The van der Waals surface area contributed by atoms with E-state index in [0.29, 0.717) is 22.9 Å². The molecule has 0 radical (unpaired) electrons. The van der Waals surface area contributed by atoms with Crippen LogP contribution in [0.15, 0.2) is 53.1 Å². The number of ether oxygens (including phenoxy) is 1. The molecule has 9 nitrogen and oxygen atoms in total. The number of aromatic nitrogens is 2. The highest BCUT2D eigenvalue weighted by Gasteiger charge is 2.23. The summed E-state index contributed by atoms with van der Waals surface area (Å²) in [6.45, 7) is 2.85. The van der Waals surface area contributed by atoms with Gasteiger partial charge in [-0.1, -0.05) is 23.4 Å². The summed E-state index contributed by atoms with van der Waals surface area (Å²) >= 11 is 0. The molecule has 0 aliphatic carbocycles.